The van der Waals surface area contributed by atoms with E-state index in [9.17, 15) is 0 Å². The lowest BCUT2D eigenvalue weighted by molar-refractivity contribution is 0.289. The van der Waals surface area contributed by atoms with E-state index in [2.05, 4.69) is 74.8 Å². The van der Waals surface area contributed by atoms with Crippen molar-refractivity contribution in [2.45, 2.75) is 84.5 Å². The minimum Gasteiger partial charge on any atom is -0.413 e. The van der Waals surface area contributed by atoms with Crippen molar-refractivity contribution < 1.29 is 4.43 Å². The Hall–Kier alpha value is -1.30. The van der Waals surface area contributed by atoms with Crippen LogP contribution in [0.3, 0.4) is 0 Å². The fourth-order valence-electron chi connectivity index (χ4n) is 3.65. The lowest BCUT2D eigenvalue weighted by Crippen LogP contribution is -2.24. The van der Waals surface area contributed by atoms with Crippen LogP contribution in [-0.2, 0) is 11.0 Å². The van der Waals surface area contributed by atoms with Gasteiger partial charge in [-0.2, -0.15) is 0 Å². The Bertz CT molecular complexity index is 619. The normalized spacial score (nSPS) is 20.4. The summed E-state index contributed by atoms with van der Waals surface area (Å²) in [7, 11) is -1.45. The van der Waals surface area contributed by atoms with Crippen molar-refractivity contribution in [1.82, 2.24) is 0 Å². The van der Waals surface area contributed by atoms with Crippen LogP contribution in [0.15, 0.2) is 36.4 Å². The van der Waals surface area contributed by atoms with Gasteiger partial charge >= 0.3 is 0 Å². The van der Waals surface area contributed by atoms with Gasteiger partial charge in [-0.15, -0.1) is 0 Å². The molecule has 1 saturated carbocycles. The molecule has 0 heterocycles. The summed E-state index contributed by atoms with van der Waals surface area (Å²) in [4.78, 5) is 0. The van der Waals surface area contributed by atoms with Crippen LogP contribution >= 0.6 is 0 Å². The van der Waals surface area contributed by atoms with Crippen molar-refractivity contribution in [1.29, 1.82) is 0 Å². The summed E-state index contributed by atoms with van der Waals surface area (Å²) in [6.07, 6.45) is 15.5. The summed E-state index contributed by atoms with van der Waals surface area (Å²) < 4.78 is 5.95. The van der Waals surface area contributed by atoms with Crippen LogP contribution in [0.2, 0.25) is 19.6 Å². The highest BCUT2D eigenvalue weighted by Crippen LogP contribution is 2.32. The molecule has 1 nitrogen and oxygen atoms in total. The molecule has 1 aromatic carbocycles. The van der Waals surface area contributed by atoms with E-state index in [4.69, 9.17) is 4.43 Å². The van der Waals surface area contributed by atoms with Crippen LogP contribution in [0.25, 0.3) is 0 Å². The molecule has 2 heteroatoms. The van der Waals surface area contributed by atoms with Crippen LogP contribution in [0.4, 0.5) is 0 Å². The summed E-state index contributed by atoms with van der Waals surface area (Å²) in [5.41, 5.74) is 2.31. The molecule has 0 atom stereocenters. The average Bonchev–Trinajstić information content (AvgIpc) is 2.65. The first kappa shape index (κ1) is 22.0. The maximum Gasteiger partial charge on any atom is 0.184 e. The minimum absolute atomic E-state index is 0.713. The predicted molar refractivity (Wildman–Crippen MR) is 120 cm³/mol. The lowest BCUT2D eigenvalue weighted by Gasteiger charge is -2.26. The number of rotatable bonds is 8. The standard InChI is InChI=1S/C25H38OSi/c1-5-6-7-10-22-13-15-23(16-14-22)11-8-9-12-24-17-19-25(20-18-24)21-26-27(2,3)4/h8,11,17-20,22-23H,5-7,10,13-16,21H2,1-4H3/b11-8+. The van der Waals surface area contributed by atoms with E-state index >= 15 is 0 Å². The maximum absolute atomic E-state index is 5.95. The maximum atomic E-state index is 5.95. The van der Waals surface area contributed by atoms with Gasteiger partial charge in [0.1, 0.15) is 0 Å². The second-order valence-corrected chi connectivity index (χ2v) is 13.5. The molecule has 0 aromatic heterocycles. The topological polar surface area (TPSA) is 9.23 Å². The van der Waals surface area contributed by atoms with Crippen LogP contribution < -0.4 is 0 Å². The van der Waals surface area contributed by atoms with Gasteiger partial charge in [-0.05, 0) is 80.9 Å². The number of allylic oxidation sites excluding steroid dienone is 2. The molecule has 0 spiro atoms. The molecule has 1 aliphatic rings. The van der Waals surface area contributed by atoms with Crippen molar-refractivity contribution in [2.24, 2.45) is 11.8 Å². The van der Waals surface area contributed by atoms with E-state index in [-0.39, 0.29) is 0 Å². The second kappa shape index (κ2) is 11.5. The van der Waals surface area contributed by atoms with Gasteiger partial charge in [0.2, 0.25) is 0 Å². The van der Waals surface area contributed by atoms with Crippen LogP contribution in [0, 0.1) is 23.7 Å². The Morgan fingerprint density at radius 2 is 1.74 bits per heavy atom. The van der Waals surface area contributed by atoms with Gasteiger partial charge in [-0.3, -0.25) is 0 Å². The fraction of sp³-hybridized carbons (Fsp3) is 0.600. The molecule has 0 aliphatic heterocycles. The van der Waals surface area contributed by atoms with Gasteiger partial charge in [-0.1, -0.05) is 62.7 Å². The molecule has 27 heavy (non-hydrogen) atoms. The molecule has 0 N–H and O–H groups in total. The fourth-order valence-corrected chi connectivity index (χ4v) is 4.25. The van der Waals surface area contributed by atoms with Gasteiger partial charge in [0.05, 0.1) is 6.61 Å². The molecular weight excluding hydrogens is 344 g/mol. The Morgan fingerprint density at radius 3 is 2.37 bits per heavy atom. The van der Waals surface area contributed by atoms with E-state index in [1.165, 1.54) is 56.9 Å². The first-order valence-corrected chi connectivity index (χ1v) is 14.3. The third kappa shape index (κ3) is 9.45. The van der Waals surface area contributed by atoms with Gasteiger partial charge in [-0.25, -0.2) is 0 Å². The summed E-state index contributed by atoms with van der Waals surface area (Å²) >= 11 is 0. The smallest absolute Gasteiger partial charge is 0.184 e. The molecular formula is C25H38OSi. The zero-order valence-corrected chi connectivity index (χ0v) is 18.9. The lowest BCUT2D eigenvalue weighted by atomic mass is 9.79. The van der Waals surface area contributed by atoms with Crippen molar-refractivity contribution in [3.05, 3.63) is 47.5 Å². The summed E-state index contributed by atoms with van der Waals surface area (Å²) in [5.74, 6) is 8.20. The number of benzene rings is 1. The highest BCUT2D eigenvalue weighted by molar-refractivity contribution is 6.69. The third-order valence-electron chi connectivity index (χ3n) is 5.40. The Labute approximate surface area is 168 Å². The first-order chi connectivity index (χ1) is 13.0. The van der Waals surface area contributed by atoms with E-state index in [1.54, 1.807) is 0 Å². The number of hydrogen-bond acceptors (Lipinski definition) is 1. The van der Waals surface area contributed by atoms with Gasteiger partial charge in [0.25, 0.3) is 0 Å². The highest BCUT2D eigenvalue weighted by Gasteiger charge is 2.18. The quantitative estimate of drug-likeness (QED) is 0.260. The first-order valence-electron chi connectivity index (χ1n) is 10.9. The second-order valence-electron chi connectivity index (χ2n) is 9.00. The number of unbranched alkanes of at least 4 members (excludes halogenated alkanes) is 2. The van der Waals surface area contributed by atoms with Crippen molar-refractivity contribution >= 4 is 8.32 Å². The predicted octanol–water partition coefficient (Wildman–Crippen LogP) is 7.33. The minimum atomic E-state index is -1.45. The van der Waals surface area contributed by atoms with Gasteiger partial charge in [0, 0.05) is 5.56 Å². The molecule has 1 fully saturated rings. The summed E-state index contributed by atoms with van der Waals surface area (Å²) in [6.45, 7) is 9.67. The van der Waals surface area contributed by atoms with E-state index < -0.39 is 8.32 Å². The molecule has 1 aromatic rings. The molecule has 1 aliphatic carbocycles. The van der Waals surface area contributed by atoms with Crippen LogP contribution in [0.1, 0.15) is 69.4 Å². The monoisotopic (exact) mass is 382 g/mol. The molecule has 2 rings (SSSR count). The third-order valence-corrected chi connectivity index (χ3v) is 6.41. The summed E-state index contributed by atoms with van der Waals surface area (Å²) in [6, 6.07) is 8.47. The molecule has 0 unspecified atom stereocenters. The van der Waals surface area contributed by atoms with Crippen molar-refractivity contribution in [2.75, 3.05) is 0 Å². The van der Waals surface area contributed by atoms with Crippen LogP contribution in [0.5, 0.6) is 0 Å². The number of hydrogen-bond donors (Lipinski definition) is 0. The zero-order valence-electron chi connectivity index (χ0n) is 17.9. The molecule has 0 amide bonds. The van der Waals surface area contributed by atoms with E-state index in [0.717, 1.165) is 17.4 Å². The Balaban J connectivity index is 1.72. The zero-order chi connectivity index (χ0) is 19.5. The van der Waals surface area contributed by atoms with E-state index in [1.807, 2.05) is 0 Å². The summed E-state index contributed by atoms with van der Waals surface area (Å²) in [5, 5.41) is 0. The highest BCUT2D eigenvalue weighted by atomic mass is 28.4. The molecule has 148 valence electrons. The molecule has 0 bridgehead atoms. The van der Waals surface area contributed by atoms with E-state index in [0.29, 0.717) is 6.61 Å². The largest absolute Gasteiger partial charge is 0.413 e. The Morgan fingerprint density at radius 1 is 1.04 bits per heavy atom. The van der Waals surface area contributed by atoms with Gasteiger partial charge < -0.3 is 4.43 Å². The molecule has 0 radical (unpaired) electrons. The van der Waals surface area contributed by atoms with Crippen molar-refractivity contribution in [3.63, 3.8) is 0 Å². The van der Waals surface area contributed by atoms with Crippen LogP contribution in [-0.4, -0.2) is 8.32 Å². The Kier molecular flexibility index (Phi) is 9.38. The van der Waals surface area contributed by atoms with Gasteiger partial charge in [0.15, 0.2) is 8.32 Å². The average molecular weight is 383 g/mol. The SMILES string of the molecule is CCCCCC1CCC(/C=C/C#Cc2ccc(CO[Si](C)(C)C)cc2)CC1. The van der Waals surface area contributed by atoms with Crippen molar-refractivity contribution in [3.8, 4) is 11.8 Å². The molecule has 0 saturated heterocycles.